The van der Waals surface area contributed by atoms with Crippen LogP contribution in [0.5, 0.6) is 0 Å². The third kappa shape index (κ3) is 32.9. The van der Waals surface area contributed by atoms with Crippen LogP contribution in [0.15, 0.2) is 0 Å². The molecule has 0 spiro atoms. The van der Waals surface area contributed by atoms with Crippen molar-refractivity contribution in [2.24, 2.45) is 17.8 Å². The second-order valence-electron chi connectivity index (χ2n) is 15.0. The number of hydrogen-bond acceptors (Lipinski definition) is 4. The Bertz CT molecular complexity index is 646. The molecule has 0 N–H and O–H groups in total. The molecule has 0 fully saturated rings. The van der Waals surface area contributed by atoms with Crippen LogP contribution in [-0.2, 0) is 19.1 Å². The Morgan fingerprint density at radius 1 is 0.413 bits per heavy atom. The quantitative estimate of drug-likeness (QED) is 0.0500. The van der Waals surface area contributed by atoms with E-state index in [1.165, 1.54) is 141 Å². The molecule has 0 aliphatic carbocycles. The van der Waals surface area contributed by atoms with Gasteiger partial charge in [-0.05, 0) is 49.9 Å². The second kappa shape index (κ2) is 35.3. The van der Waals surface area contributed by atoms with Crippen LogP contribution in [0.4, 0.5) is 0 Å². The summed E-state index contributed by atoms with van der Waals surface area (Å²) in [5.74, 6) is 2.45. The van der Waals surface area contributed by atoms with Crippen LogP contribution in [0.25, 0.3) is 0 Å². The zero-order valence-electron chi connectivity index (χ0n) is 32.0. The van der Waals surface area contributed by atoms with Crippen molar-refractivity contribution in [1.29, 1.82) is 0 Å². The van der Waals surface area contributed by atoms with Crippen LogP contribution in [0, 0.1) is 17.8 Å². The van der Waals surface area contributed by atoms with E-state index in [9.17, 15) is 9.59 Å². The summed E-state index contributed by atoms with van der Waals surface area (Å²) in [7, 11) is 0. The first kappa shape index (κ1) is 44.9. The average Bonchev–Trinajstić information content (AvgIpc) is 3.03. The molecule has 0 amide bonds. The fourth-order valence-electron chi connectivity index (χ4n) is 6.59. The summed E-state index contributed by atoms with van der Waals surface area (Å²) in [6.07, 6.45) is 36.2. The van der Waals surface area contributed by atoms with Gasteiger partial charge < -0.3 is 9.47 Å². The zero-order chi connectivity index (χ0) is 33.9. The maximum atomic E-state index is 11.9. The lowest BCUT2D eigenvalue weighted by Gasteiger charge is -2.23. The summed E-state index contributed by atoms with van der Waals surface area (Å²) < 4.78 is 10.9. The molecule has 0 aromatic heterocycles. The molecular formula is C42H82O4. The predicted molar refractivity (Wildman–Crippen MR) is 199 cm³/mol. The first-order valence-electron chi connectivity index (χ1n) is 20.7. The van der Waals surface area contributed by atoms with E-state index in [0.717, 1.165) is 56.3 Å². The van der Waals surface area contributed by atoms with Gasteiger partial charge in [0, 0.05) is 12.8 Å². The van der Waals surface area contributed by atoms with Crippen molar-refractivity contribution in [1.82, 2.24) is 0 Å². The van der Waals surface area contributed by atoms with Gasteiger partial charge in [0.25, 0.3) is 0 Å². The first-order valence-corrected chi connectivity index (χ1v) is 20.7. The van der Waals surface area contributed by atoms with E-state index < -0.39 is 0 Å². The van der Waals surface area contributed by atoms with Gasteiger partial charge >= 0.3 is 11.9 Å². The second-order valence-corrected chi connectivity index (χ2v) is 15.0. The highest BCUT2D eigenvalue weighted by atomic mass is 16.5. The van der Waals surface area contributed by atoms with Gasteiger partial charge in [0.2, 0.25) is 0 Å². The summed E-state index contributed by atoms with van der Waals surface area (Å²) >= 11 is 0. The largest absolute Gasteiger partial charge is 0.466 e. The van der Waals surface area contributed by atoms with Crippen LogP contribution >= 0.6 is 0 Å². The normalized spacial score (nSPS) is 12.8. The standard InChI is InChI=1S/C42H82O4/c1-6-8-10-12-14-20-26-32-41(43)45-36-28-22-16-18-24-30-39(5)34-35-40(38(3)4)31-25-19-17-23-29-37-46-42(44)33-27-21-15-13-11-9-7-2/h38-40H,6-37H2,1-5H3. The van der Waals surface area contributed by atoms with Gasteiger partial charge in [-0.1, -0.05) is 182 Å². The van der Waals surface area contributed by atoms with Crippen molar-refractivity contribution in [3.8, 4) is 0 Å². The smallest absolute Gasteiger partial charge is 0.305 e. The molecule has 4 nitrogen and oxygen atoms in total. The molecule has 0 aliphatic rings. The number of ether oxygens (including phenoxy) is 2. The number of esters is 2. The summed E-state index contributed by atoms with van der Waals surface area (Å²) in [6, 6.07) is 0. The van der Waals surface area contributed by atoms with E-state index >= 15 is 0 Å². The monoisotopic (exact) mass is 651 g/mol. The Labute approximate surface area is 288 Å². The molecule has 0 aromatic rings. The van der Waals surface area contributed by atoms with Crippen molar-refractivity contribution in [3.05, 3.63) is 0 Å². The lowest BCUT2D eigenvalue weighted by Crippen LogP contribution is -2.11. The Hall–Kier alpha value is -1.06. The Kier molecular flexibility index (Phi) is 34.4. The zero-order valence-corrected chi connectivity index (χ0v) is 32.0. The first-order chi connectivity index (χ1) is 22.4. The van der Waals surface area contributed by atoms with Gasteiger partial charge in [-0.2, -0.15) is 0 Å². The van der Waals surface area contributed by atoms with Gasteiger partial charge in [0.15, 0.2) is 0 Å². The van der Waals surface area contributed by atoms with Gasteiger partial charge in [-0.25, -0.2) is 0 Å². The molecule has 0 heterocycles. The average molecular weight is 651 g/mol. The lowest BCUT2D eigenvalue weighted by molar-refractivity contribution is -0.144. The maximum absolute atomic E-state index is 11.9. The topological polar surface area (TPSA) is 52.6 Å². The van der Waals surface area contributed by atoms with Gasteiger partial charge in [0.05, 0.1) is 13.2 Å². The highest BCUT2D eigenvalue weighted by Gasteiger charge is 2.15. The van der Waals surface area contributed by atoms with Gasteiger partial charge in [0.1, 0.15) is 0 Å². The van der Waals surface area contributed by atoms with Crippen molar-refractivity contribution < 1.29 is 19.1 Å². The SMILES string of the molecule is CCCCCCCCCC(=O)OCCCCCCCC(C)CCC(CCCCCCCOC(=O)CCCCCCCCC)C(C)C. The van der Waals surface area contributed by atoms with Gasteiger partial charge in [-0.3, -0.25) is 9.59 Å². The van der Waals surface area contributed by atoms with Gasteiger partial charge in [-0.15, -0.1) is 0 Å². The van der Waals surface area contributed by atoms with Crippen LogP contribution in [-0.4, -0.2) is 25.2 Å². The molecule has 0 saturated carbocycles. The molecule has 4 heteroatoms. The third-order valence-corrected chi connectivity index (χ3v) is 10.0. The number of carbonyl (C=O) groups excluding carboxylic acids is 2. The van der Waals surface area contributed by atoms with E-state index in [0.29, 0.717) is 26.1 Å². The molecule has 0 saturated heterocycles. The minimum absolute atomic E-state index is 0.00531. The molecule has 2 unspecified atom stereocenters. The molecule has 0 aromatic carbocycles. The predicted octanol–water partition coefficient (Wildman–Crippen LogP) is 13.7. The molecule has 0 rings (SSSR count). The number of hydrogen-bond donors (Lipinski definition) is 0. The summed E-state index contributed by atoms with van der Waals surface area (Å²) in [5.41, 5.74) is 0. The van der Waals surface area contributed by atoms with E-state index in [2.05, 4.69) is 34.6 Å². The number of carbonyl (C=O) groups is 2. The van der Waals surface area contributed by atoms with Crippen molar-refractivity contribution in [2.75, 3.05) is 13.2 Å². The van der Waals surface area contributed by atoms with E-state index in [4.69, 9.17) is 9.47 Å². The Morgan fingerprint density at radius 2 is 0.783 bits per heavy atom. The van der Waals surface area contributed by atoms with E-state index in [1.807, 2.05) is 0 Å². The number of rotatable bonds is 36. The van der Waals surface area contributed by atoms with Crippen molar-refractivity contribution >= 4 is 11.9 Å². The van der Waals surface area contributed by atoms with E-state index in [1.54, 1.807) is 0 Å². The molecule has 46 heavy (non-hydrogen) atoms. The Morgan fingerprint density at radius 3 is 1.22 bits per heavy atom. The summed E-state index contributed by atoms with van der Waals surface area (Å²) in [6.45, 7) is 13.0. The number of unbranched alkanes of at least 4 members (excludes halogenated alkanes) is 20. The van der Waals surface area contributed by atoms with Crippen molar-refractivity contribution in [2.45, 2.75) is 227 Å². The van der Waals surface area contributed by atoms with Crippen LogP contribution in [0.2, 0.25) is 0 Å². The molecule has 0 radical (unpaired) electrons. The van der Waals surface area contributed by atoms with Crippen LogP contribution in [0.3, 0.4) is 0 Å². The molecule has 274 valence electrons. The van der Waals surface area contributed by atoms with Crippen LogP contribution < -0.4 is 0 Å². The van der Waals surface area contributed by atoms with E-state index in [-0.39, 0.29) is 11.9 Å². The molecule has 2 atom stereocenters. The Balaban J connectivity index is 3.62. The highest BCUT2D eigenvalue weighted by Crippen LogP contribution is 2.27. The molecular weight excluding hydrogens is 568 g/mol. The lowest BCUT2D eigenvalue weighted by atomic mass is 9.83. The molecule has 0 bridgehead atoms. The fraction of sp³-hybridized carbons (Fsp3) is 0.952. The summed E-state index contributed by atoms with van der Waals surface area (Å²) in [4.78, 5) is 23.8. The minimum atomic E-state index is 0.00531. The minimum Gasteiger partial charge on any atom is -0.466 e. The fourth-order valence-corrected chi connectivity index (χ4v) is 6.59. The molecule has 0 aliphatic heterocycles. The highest BCUT2D eigenvalue weighted by molar-refractivity contribution is 5.69. The van der Waals surface area contributed by atoms with Crippen LogP contribution in [0.1, 0.15) is 227 Å². The maximum Gasteiger partial charge on any atom is 0.305 e. The summed E-state index contributed by atoms with van der Waals surface area (Å²) in [5, 5.41) is 0. The third-order valence-electron chi connectivity index (χ3n) is 10.0. The van der Waals surface area contributed by atoms with Crippen molar-refractivity contribution in [3.63, 3.8) is 0 Å².